The van der Waals surface area contributed by atoms with Crippen LogP contribution in [0.4, 0.5) is 0 Å². The van der Waals surface area contributed by atoms with Crippen LogP contribution in [0.25, 0.3) is 0 Å². The van der Waals surface area contributed by atoms with Crippen LogP contribution >= 0.6 is 0 Å². The summed E-state index contributed by atoms with van der Waals surface area (Å²) in [5, 5.41) is 0. The Hall–Kier alpha value is -1.76. The van der Waals surface area contributed by atoms with E-state index >= 15 is 0 Å². The lowest BCUT2D eigenvalue weighted by Crippen LogP contribution is -2.19. The van der Waals surface area contributed by atoms with E-state index in [0.29, 0.717) is 6.61 Å². The molecule has 0 unspecified atom stereocenters. The second-order valence-electron chi connectivity index (χ2n) is 5.57. The molecule has 0 atom stereocenters. The van der Waals surface area contributed by atoms with E-state index in [1.807, 2.05) is 24.3 Å². The van der Waals surface area contributed by atoms with Crippen molar-refractivity contribution < 1.29 is 4.74 Å². The highest BCUT2D eigenvalue weighted by molar-refractivity contribution is 5.33. The lowest BCUT2D eigenvalue weighted by molar-refractivity contribution is 0.304. The fourth-order valence-corrected chi connectivity index (χ4v) is 2.36. The summed E-state index contributed by atoms with van der Waals surface area (Å²) in [6.45, 7) is 7.45. The summed E-state index contributed by atoms with van der Waals surface area (Å²) in [5.41, 5.74) is 2.81. The summed E-state index contributed by atoms with van der Waals surface area (Å²) < 4.78 is 5.92. The number of hydrogen-bond acceptors (Lipinski definition) is 1. The molecule has 0 radical (unpaired) electrons. The van der Waals surface area contributed by atoms with Gasteiger partial charge in [0.05, 0.1) is 0 Å². The van der Waals surface area contributed by atoms with Crippen LogP contribution in [0.1, 0.15) is 44.7 Å². The highest BCUT2D eigenvalue weighted by Gasteiger charge is 2.22. The van der Waals surface area contributed by atoms with Crippen LogP contribution in [-0.2, 0) is 12.0 Å². The molecular formula is C19H24O. The summed E-state index contributed by atoms with van der Waals surface area (Å²) in [5.74, 6) is 0.958. The largest absolute Gasteiger partial charge is 0.489 e. The zero-order valence-electron chi connectivity index (χ0n) is 12.7. The van der Waals surface area contributed by atoms with Gasteiger partial charge in [0.15, 0.2) is 0 Å². The Morgan fingerprint density at radius 2 is 1.60 bits per heavy atom. The first kappa shape index (κ1) is 14.6. The van der Waals surface area contributed by atoms with E-state index in [2.05, 4.69) is 51.1 Å². The van der Waals surface area contributed by atoms with Crippen molar-refractivity contribution in [1.82, 2.24) is 0 Å². The molecule has 0 aromatic heterocycles. The van der Waals surface area contributed by atoms with Crippen LogP contribution < -0.4 is 4.74 Å². The Bertz CT molecular complexity index is 526. The molecule has 0 heterocycles. The highest BCUT2D eigenvalue weighted by atomic mass is 16.5. The molecular weight excluding hydrogens is 244 g/mol. The topological polar surface area (TPSA) is 9.23 Å². The smallest absolute Gasteiger partial charge is 0.120 e. The Morgan fingerprint density at radius 1 is 0.900 bits per heavy atom. The SMILES string of the molecule is CCC(C)(CC)c1cccc(OCc2ccccc2)c1. The number of ether oxygens (including phenoxy) is 1. The molecule has 2 rings (SSSR count). The lowest BCUT2D eigenvalue weighted by atomic mass is 9.78. The summed E-state index contributed by atoms with van der Waals surface area (Å²) in [4.78, 5) is 0. The third kappa shape index (κ3) is 3.41. The molecule has 2 aromatic carbocycles. The first-order chi connectivity index (χ1) is 9.68. The van der Waals surface area contributed by atoms with Crippen molar-refractivity contribution in [2.45, 2.75) is 45.6 Å². The van der Waals surface area contributed by atoms with Crippen LogP contribution in [0.5, 0.6) is 5.75 Å². The van der Waals surface area contributed by atoms with E-state index in [9.17, 15) is 0 Å². The van der Waals surface area contributed by atoms with Gasteiger partial charge in [-0.15, -0.1) is 0 Å². The Morgan fingerprint density at radius 3 is 2.25 bits per heavy atom. The molecule has 0 bridgehead atoms. The minimum Gasteiger partial charge on any atom is -0.489 e. The van der Waals surface area contributed by atoms with Crippen molar-refractivity contribution in [2.75, 3.05) is 0 Å². The quantitative estimate of drug-likeness (QED) is 0.686. The minimum atomic E-state index is 0.242. The second kappa shape index (κ2) is 6.60. The molecule has 0 aliphatic rings. The first-order valence-corrected chi connectivity index (χ1v) is 7.45. The van der Waals surface area contributed by atoms with Gasteiger partial charge in [0, 0.05) is 0 Å². The van der Waals surface area contributed by atoms with Gasteiger partial charge in [-0.05, 0) is 41.5 Å². The molecule has 0 spiro atoms. The first-order valence-electron chi connectivity index (χ1n) is 7.45. The third-order valence-electron chi connectivity index (χ3n) is 4.34. The standard InChI is InChI=1S/C19H24O/c1-4-19(3,5-2)17-12-9-13-18(14-17)20-15-16-10-7-6-8-11-16/h6-14H,4-5,15H2,1-3H3. The van der Waals surface area contributed by atoms with Gasteiger partial charge in [0.2, 0.25) is 0 Å². The average Bonchev–Trinajstić information content (AvgIpc) is 2.53. The van der Waals surface area contributed by atoms with Gasteiger partial charge in [-0.2, -0.15) is 0 Å². The predicted octanol–water partition coefficient (Wildman–Crippen LogP) is 5.34. The van der Waals surface area contributed by atoms with E-state index in [1.54, 1.807) is 0 Å². The summed E-state index contributed by atoms with van der Waals surface area (Å²) >= 11 is 0. The number of benzene rings is 2. The monoisotopic (exact) mass is 268 g/mol. The fourth-order valence-electron chi connectivity index (χ4n) is 2.36. The molecule has 0 amide bonds. The van der Waals surface area contributed by atoms with Crippen LogP contribution in [-0.4, -0.2) is 0 Å². The molecule has 20 heavy (non-hydrogen) atoms. The summed E-state index contributed by atoms with van der Waals surface area (Å²) in [6.07, 6.45) is 2.29. The van der Waals surface area contributed by atoms with Gasteiger partial charge in [0.25, 0.3) is 0 Å². The van der Waals surface area contributed by atoms with Gasteiger partial charge >= 0.3 is 0 Å². The molecule has 0 saturated carbocycles. The molecule has 1 heteroatoms. The van der Waals surface area contributed by atoms with Crippen LogP contribution in [0, 0.1) is 0 Å². The Kier molecular flexibility index (Phi) is 4.84. The molecule has 0 aliphatic carbocycles. The molecule has 1 nitrogen and oxygen atoms in total. The summed E-state index contributed by atoms with van der Waals surface area (Å²) in [6, 6.07) is 18.8. The van der Waals surface area contributed by atoms with Crippen molar-refractivity contribution in [3.05, 3.63) is 65.7 Å². The van der Waals surface area contributed by atoms with Crippen molar-refractivity contribution in [2.24, 2.45) is 0 Å². The zero-order valence-corrected chi connectivity index (χ0v) is 12.7. The Labute approximate surface area is 122 Å². The highest BCUT2D eigenvalue weighted by Crippen LogP contribution is 2.32. The maximum atomic E-state index is 5.92. The molecule has 0 saturated heterocycles. The van der Waals surface area contributed by atoms with E-state index in [-0.39, 0.29) is 5.41 Å². The minimum absolute atomic E-state index is 0.242. The van der Waals surface area contributed by atoms with Gasteiger partial charge in [0.1, 0.15) is 12.4 Å². The molecule has 0 aliphatic heterocycles. The van der Waals surface area contributed by atoms with Gasteiger partial charge in [-0.1, -0.05) is 63.2 Å². The van der Waals surface area contributed by atoms with E-state index in [0.717, 1.165) is 18.6 Å². The normalized spacial score (nSPS) is 11.3. The average molecular weight is 268 g/mol. The van der Waals surface area contributed by atoms with E-state index < -0.39 is 0 Å². The van der Waals surface area contributed by atoms with E-state index in [1.165, 1.54) is 11.1 Å². The molecule has 106 valence electrons. The Balaban J connectivity index is 2.10. The van der Waals surface area contributed by atoms with Gasteiger partial charge < -0.3 is 4.74 Å². The van der Waals surface area contributed by atoms with Crippen molar-refractivity contribution in [3.63, 3.8) is 0 Å². The van der Waals surface area contributed by atoms with E-state index in [4.69, 9.17) is 4.74 Å². The fraction of sp³-hybridized carbons (Fsp3) is 0.368. The maximum Gasteiger partial charge on any atom is 0.120 e. The van der Waals surface area contributed by atoms with Crippen LogP contribution in [0.3, 0.4) is 0 Å². The lowest BCUT2D eigenvalue weighted by Gasteiger charge is -2.27. The number of rotatable bonds is 6. The van der Waals surface area contributed by atoms with Crippen molar-refractivity contribution >= 4 is 0 Å². The third-order valence-corrected chi connectivity index (χ3v) is 4.34. The van der Waals surface area contributed by atoms with Crippen molar-refractivity contribution in [1.29, 1.82) is 0 Å². The molecule has 0 fully saturated rings. The second-order valence-corrected chi connectivity index (χ2v) is 5.57. The predicted molar refractivity (Wildman–Crippen MR) is 85.2 cm³/mol. The van der Waals surface area contributed by atoms with Gasteiger partial charge in [-0.3, -0.25) is 0 Å². The maximum absolute atomic E-state index is 5.92. The zero-order chi connectivity index (χ0) is 14.4. The molecule has 0 N–H and O–H groups in total. The number of hydrogen-bond donors (Lipinski definition) is 0. The van der Waals surface area contributed by atoms with Crippen molar-refractivity contribution in [3.8, 4) is 5.75 Å². The van der Waals surface area contributed by atoms with Crippen LogP contribution in [0.2, 0.25) is 0 Å². The van der Waals surface area contributed by atoms with Gasteiger partial charge in [-0.25, -0.2) is 0 Å². The van der Waals surface area contributed by atoms with Crippen LogP contribution in [0.15, 0.2) is 54.6 Å². The summed E-state index contributed by atoms with van der Waals surface area (Å²) in [7, 11) is 0. The molecule has 2 aromatic rings.